The molecule has 1 heterocycles. The van der Waals surface area contributed by atoms with E-state index in [0.29, 0.717) is 13.0 Å². The summed E-state index contributed by atoms with van der Waals surface area (Å²) in [6.07, 6.45) is 1.50. The summed E-state index contributed by atoms with van der Waals surface area (Å²) in [6, 6.07) is 8.30. The Hall–Kier alpha value is -2.24. The van der Waals surface area contributed by atoms with Gasteiger partial charge < -0.3 is 20.3 Å². The minimum atomic E-state index is -0.0186. The number of aryl methyl sites for hydroxylation is 1. The molecule has 26 heavy (non-hydrogen) atoms. The molecule has 2 unspecified atom stereocenters. The fourth-order valence-electron chi connectivity index (χ4n) is 2.95. The number of nitrogens with one attached hydrogen (secondary N) is 2. The van der Waals surface area contributed by atoms with E-state index in [9.17, 15) is 4.79 Å². The molecule has 1 aromatic rings. The first-order valence-electron chi connectivity index (χ1n) is 9.57. The molecule has 1 aliphatic heterocycles. The number of rotatable bonds is 7. The molecule has 0 radical (unpaired) electrons. The highest BCUT2D eigenvalue weighted by Gasteiger charge is 2.25. The predicted octanol–water partition coefficient (Wildman–Crippen LogP) is 2.33. The van der Waals surface area contributed by atoms with Gasteiger partial charge in [-0.1, -0.05) is 24.6 Å². The van der Waals surface area contributed by atoms with E-state index >= 15 is 0 Å². The maximum absolute atomic E-state index is 11.8. The smallest absolute Gasteiger partial charge is 0.222 e. The maximum atomic E-state index is 11.8. The van der Waals surface area contributed by atoms with Gasteiger partial charge in [0.2, 0.25) is 5.91 Å². The topological polar surface area (TPSA) is 66.0 Å². The molecular weight excluding hydrogens is 328 g/mol. The van der Waals surface area contributed by atoms with E-state index in [0.717, 1.165) is 37.8 Å². The molecule has 0 aliphatic carbocycles. The van der Waals surface area contributed by atoms with E-state index in [-0.39, 0.29) is 18.1 Å². The molecule has 2 rings (SSSR count). The summed E-state index contributed by atoms with van der Waals surface area (Å²) in [5, 5.41) is 6.72. The van der Waals surface area contributed by atoms with E-state index < -0.39 is 0 Å². The molecule has 0 spiro atoms. The lowest BCUT2D eigenvalue weighted by atomic mass is 10.2. The number of carbonyl (C=O) groups excluding carboxylic acids is 1. The van der Waals surface area contributed by atoms with Crippen LogP contribution in [0.4, 0.5) is 0 Å². The molecule has 1 fully saturated rings. The van der Waals surface area contributed by atoms with Gasteiger partial charge in [-0.05, 0) is 39.3 Å². The molecule has 144 valence electrons. The molecule has 0 aromatic heterocycles. The normalized spacial score (nSPS) is 18.5. The Balaban J connectivity index is 1.85. The van der Waals surface area contributed by atoms with Crippen molar-refractivity contribution in [1.29, 1.82) is 0 Å². The third-order valence-electron chi connectivity index (χ3n) is 4.39. The van der Waals surface area contributed by atoms with Crippen LogP contribution in [-0.4, -0.2) is 55.1 Å². The summed E-state index contributed by atoms with van der Waals surface area (Å²) in [7, 11) is 0. The van der Waals surface area contributed by atoms with Gasteiger partial charge in [0.25, 0.3) is 0 Å². The van der Waals surface area contributed by atoms with Crippen LogP contribution in [0.1, 0.15) is 39.2 Å². The number of nitrogens with zero attached hydrogens (tertiary/aromatic N) is 2. The molecule has 0 saturated carbocycles. The van der Waals surface area contributed by atoms with Crippen molar-refractivity contribution in [2.75, 3.05) is 26.2 Å². The number of guanidine groups is 1. The maximum Gasteiger partial charge on any atom is 0.222 e. The zero-order chi connectivity index (χ0) is 18.9. The Labute approximate surface area is 157 Å². The van der Waals surface area contributed by atoms with E-state index in [1.807, 2.05) is 49.9 Å². The van der Waals surface area contributed by atoms with Gasteiger partial charge in [-0.3, -0.25) is 4.79 Å². The lowest BCUT2D eigenvalue weighted by molar-refractivity contribution is -0.129. The summed E-state index contributed by atoms with van der Waals surface area (Å²) in [5.41, 5.74) is 1.22. The number of ether oxygens (including phenoxy) is 1. The van der Waals surface area contributed by atoms with Gasteiger partial charge in [0, 0.05) is 32.1 Å². The summed E-state index contributed by atoms with van der Waals surface area (Å²) in [4.78, 5) is 18.4. The lowest BCUT2D eigenvalue weighted by Gasteiger charge is -2.19. The van der Waals surface area contributed by atoms with Crippen molar-refractivity contribution >= 4 is 11.9 Å². The second-order valence-corrected chi connectivity index (χ2v) is 6.78. The zero-order valence-electron chi connectivity index (χ0n) is 16.4. The molecular formula is C20H32N4O2. The number of aliphatic imine (C=N–C) groups is 1. The average Bonchev–Trinajstić information content (AvgIpc) is 3.10. The molecule has 1 aliphatic rings. The highest BCUT2D eigenvalue weighted by Crippen LogP contribution is 2.13. The van der Waals surface area contributed by atoms with Crippen LogP contribution >= 0.6 is 0 Å². The van der Waals surface area contributed by atoms with E-state index in [1.54, 1.807) is 0 Å². The number of likely N-dealkylation sites (tertiary alicyclic amines) is 1. The SMILES string of the molecule is CCNC(=NCC(C)Oc1ccc(C)cc1)NC1CCN(C(=O)CC)C1. The van der Waals surface area contributed by atoms with Gasteiger partial charge in [-0.25, -0.2) is 4.99 Å². The number of hydrogen-bond donors (Lipinski definition) is 2. The van der Waals surface area contributed by atoms with Crippen LogP contribution < -0.4 is 15.4 Å². The minimum absolute atomic E-state index is 0.0186. The van der Waals surface area contributed by atoms with Gasteiger partial charge in [0.05, 0.1) is 6.54 Å². The summed E-state index contributed by atoms with van der Waals surface area (Å²) < 4.78 is 5.92. The summed E-state index contributed by atoms with van der Waals surface area (Å²) in [6.45, 7) is 10.9. The van der Waals surface area contributed by atoms with Crippen LogP contribution in [-0.2, 0) is 4.79 Å². The number of hydrogen-bond acceptors (Lipinski definition) is 3. The van der Waals surface area contributed by atoms with Crippen LogP contribution in [0, 0.1) is 6.92 Å². The van der Waals surface area contributed by atoms with Crippen molar-refractivity contribution in [2.24, 2.45) is 4.99 Å². The van der Waals surface area contributed by atoms with Gasteiger partial charge in [-0.2, -0.15) is 0 Å². The largest absolute Gasteiger partial charge is 0.489 e. The van der Waals surface area contributed by atoms with Gasteiger partial charge in [0.1, 0.15) is 11.9 Å². The fraction of sp³-hybridized carbons (Fsp3) is 0.600. The number of amides is 1. The monoisotopic (exact) mass is 360 g/mol. The van der Waals surface area contributed by atoms with Crippen molar-refractivity contribution < 1.29 is 9.53 Å². The van der Waals surface area contributed by atoms with E-state index in [2.05, 4.69) is 22.5 Å². The Morgan fingerprint density at radius 1 is 1.35 bits per heavy atom. The number of carbonyl (C=O) groups is 1. The fourth-order valence-corrected chi connectivity index (χ4v) is 2.95. The molecule has 6 nitrogen and oxygen atoms in total. The molecule has 6 heteroatoms. The highest BCUT2D eigenvalue weighted by molar-refractivity contribution is 5.80. The first-order chi connectivity index (χ1) is 12.5. The van der Waals surface area contributed by atoms with Crippen LogP contribution in [0.5, 0.6) is 5.75 Å². The molecule has 2 N–H and O–H groups in total. The Morgan fingerprint density at radius 3 is 2.73 bits per heavy atom. The molecule has 1 aromatic carbocycles. The standard InChI is InChI=1S/C20H32N4O2/c1-5-19(25)24-12-11-17(14-24)23-20(21-6-2)22-13-16(4)26-18-9-7-15(3)8-10-18/h7-10,16-17H,5-6,11-14H2,1-4H3,(H2,21,22,23). The Bertz CT molecular complexity index is 600. The first kappa shape index (κ1) is 20.1. The third kappa shape index (κ3) is 6.24. The van der Waals surface area contributed by atoms with Crippen molar-refractivity contribution in [3.8, 4) is 5.75 Å². The molecule has 2 atom stereocenters. The predicted molar refractivity (Wildman–Crippen MR) is 106 cm³/mol. The van der Waals surface area contributed by atoms with E-state index in [1.165, 1.54) is 5.56 Å². The third-order valence-corrected chi connectivity index (χ3v) is 4.39. The molecule has 1 saturated heterocycles. The average molecular weight is 361 g/mol. The highest BCUT2D eigenvalue weighted by atomic mass is 16.5. The zero-order valence-corrected chi connectivity index (χ0v) is 16.4. The second kappa shape index (κ2) is 10.0. The Kier molecular flexibility index (Phi) is 7.75. The van der Waals surface area contributed by atoms with Crippen LogP contribution in [0.25, 0.3) is 0 Å². The van der Waals surface area contributed by atoms with Crippen molar-refractivity contribution in [1.82, 2.24) is 15.5 Å². The molecule has 1 amide bonds. The first-order valence-corrected chi connectivity index (χ1v) is 9.57. The summed E-state index contributed by atoms with van der Waals surface area (Å²) in [5.74, 6) is 1.86. The van der Waals surface area contributed by atoms with Crippen LogP contribution in [0.2, 0.25) is 0 Å². The molecule has 0 bridgehead atoms. The van der Waals surface area contributed by atoms with Crippen LogP contribution in [0.3, 0.4) is 0 Å². The van der Waals surface area contributed by atoms with Crippen molar-refractivity contribution in [3.63, 3.8) is 0 Å². The summed E-state index contributed by atoms with van der Waals surface area (Å²) >= 11 is 0. The van der Waals surface area contributed by atoms with Gasteiger partial charge in [0.15, 0.2) is 5.96 Å². The van der Waals surface area contributed by atoms with Crippen LogP contribution in [0.15, 0.2) is 29.3 Å². The van der Waals surface area contributed by atoms with E-state index in [4.69, 9.17) is 4.74 Å². The van der Waals surface area contributed by atoms with Crippen molar-refractivity contribution in [3.05, 3.63) is 29.8 Å². The lowest BCUT2D eigenvalue weighted by Crippen LogP contribution is -2.45. The van der Waals surface area contributed by atoms with Crippen molar-refractivity contribution in [2.45, 2.75) is 52.7 Å². The minimum Gasteiger partial charge on any atom is -0.489 e. The Morgan fingerprint density at radius 2 is 2.08 bits per heavy atom. The quantitative estimate of drug-likeness (QED) is 0.579. The second-order valence-electron chi connectivity index (χ2n) is 6.78. The van der Waals surface area contributed by atoms with Gasteiger partial charge >= 0.3 is 0 Å². The van der Waals surface area contributed by atoms with Gasteiger partial charge in [-0.15, -0.1) is 0 Å². The number of benzene rings is 1.